The SMILES string of the molecule is O=C1NC(=O)N(c2ccc(C34CC5CC(CC(C5)C3)C4)cc2)C(=O)/C1=C/c1cc(Cl)c(OCc2ccc(Cl)c(Cl)c2)c(Cl)c1. The Morgan fingerprint density at radius 2 is 1.41 bits per heavy atom. The molecule has 1 aliphatic heterocycles. The van der Waals surface area contributed by atoms with Gasteiger partial charge in [-0.2, -0.15) is 0 Å². The number of nitrogens with one attached hydrogen (secondary N) is 1. The lowest BCUT2D eigenvalue weighted by Crippen LogP contribution is -2.54. The standard InChI is InChI=1S/C34H28Cl4N2O4/c35-26-6-1-18(11-27(26)36)17-44-30-28(37)12-19(13-29(30)38)10-25-31(41)39-33(43)40(32(25)42)24-4-2-23(3-5-24)34-14-20-7-21(15-34)9-22(8-20)16-34/h1-6,10-13,20-22H,7-9,14-17H2,(H,39,41,43)/b25-10+. The summed E-state index contributed by atoms with van der Waals surface area (Å²) >= 11 is 25.0. The van der Waals surface area contributed by atoms with Crippen LogP contribution in [0.2, 0.25) is 20.1 Å². The molecule has 4 amide bonds. The zero-order chi connectivity index (χ0) is 30.7. The lowest BCUT2D eigenvalue weighted by atomic mass is 9.48. The quantitative estimate of drug-likeness (QED) is 0.210. The summed E-state index contributed by atoms with van der Waals surface area (Å²) in [5.41, 5.74) is 2.82. The monoisotopic (exact) mass is 668 g/mol. The van der Waals surface area contributed by atoms with Gasteiger partial charge in [0.1, 0.15) is 12.2 Å². The molecule has 44 heavy (non-hydrogen) atoms. The number of imide groups is 2. The number of hydrogen-bond acceptors (Lipinski definition) is 4. The predicted octanol–water partition coefficient (Wildman–Crippen LogP) is 9.01. The van der Waals surface area contributed by atoms with E-state index in [1.807, 2.05) is 12.1 Å². The maximum Gasteiger partial charge on any atom is 0.335 e. The molecule has 0 aromatic heterocycles. The van der Waals surface area contributed by atoms with Gasteiger partial charge in [-0.3, -0.25) is 14.9 Å². The minimum Gasteiger partial charge on any atom is -0.486 e. The van der Waals surface area contributed by atoms with Gasteiger partial charge in [0.25, 0.3) is 11.8 Å². The van der Waals surface area contributed by atoms with Gasteiger partial charge in [-0.05, 0) is 121 Å². The van der Waals surface area contributed by atoms with Crippen LogP contribution in [0.3, 0.4) is 0 Å². The van der Waals surface area contributed by atoms with E-state index in [0.29, 0.717) is 21.3 Å². The lowest BCUT2D eigenvalue weighted by Gasteiger charge is -2.57. The third-order valence-corrected chi connectivity index (χ3v) is 10.9. The number of amides is 4. The molecule has 4 aliphatic carbocycles. The van der Waals surface area contributed by atoms with E-state index >= 15 is 0 Å². The van der Waals surface area contributed by atoms with E-state index in [4.69, 9.17) is 51.1 Å². The van der Waals surface area contributed by atoms with Gasteiger partial charge in [0.15, 0.2) is 5.75 Å². The number of carbonyl (C=O) groups excluding carboxylic acids is 3. The highest BCUT2D eigenvalue weighted by atomic mass is 35.5. The van der Waals surface area contributed by atoms with Gasteiger partial charge >= 0.3 is 6.03 Å². The molecule has 8 rings (SSSR count). The van der Waals surface area contributed by atoms with Crippen LogP contribution in [-0.2, 0) is 21.6 Å². The van der Waals surface area contributed by atoms with Crippen molar-refractivity contribution in [3.05, 3.63) is 97.0 Å². The van der Waals surface area contributed by atoms with Crippen molar-refractivity contribution in [2.45, 2.75) is 50.5 Å². The summed E-state index contributed by atoms with van der Waals surface area (Å²) in [5.74, 6) is 1.12. The van der Waals surface area contributed by atoms with Crippen LogP contribution in [0.1, 0.15) is 55.2 Å². The van der Waals surface area contributed by atoms with Gasteiger partial charge in [-0.1, -0.05) is 64.6 Å². The van der Waals surface area contributed by atoms with Crippen LogP contribution in [0.4, 0.5) is 10.5 Å². The number of hydrogen-bond donors (Lipinski definition) is 1. The number of halogens is 4. The Hall–Kier alpha value is -3.03. The first-order valence-electron chi connectivity index (χ1n) is 14.7. The van der Waals surface area contributed by atoms with Crippen LogP contribution in [0, 0.1) is 17.8 Å². The van der Waals surface area contributed by atoms with Gasteiger partial charge in [0.05, 0.1) is 25.8 Å². The lowest BCUT2D eigenvalue weighted by molar-refractivity contribution is -0.122. The first kappa shape index (κ1) is 29.7. The Balaban J connectivity index is 1.11. The van der Waals surface area contributed by atoms with Crippen molar-refractivity contribution in [2.75, 3.05) is 4.90 Å². The molecular weight excluding hydrogens is 642 g/mol. The molecule has 0 atom stereocenters. The smallest absolute Gasteiger partial charge is 0.335 e. The van der Waals surface area contributed by atoms with Crippen molar-refractivity contribution in [1.82, 2.24) is 5.32 Å². The highest BCUT2D eigenvalue weighted by Crippen LogP contribution is 2.60. The Kier molecular flexibility index (Phi) is 7.69. The van der Waals surface area contributed by atoms with Crippen LogP contribution in [0.5, 0.6) is 5.75 Å². The van der Waals surface area contributed by atoms with Gasteiger partial charge in [-0.25, -0.2) is 9.69 Å². The minimum absolute atomic E-state index is 0.135. The number of barbiturate groups is 1. The molecule has 1 N–H and O–H groups in total. The molecule has 1 heterocycles. The van der Waals surface area contributed by atoms with E-state index in [1.165, 1.54) is 62.3 Å². The molecule has 0 radical (unpaired) electrons. The molecule has 4 bridgehead atoms. The second-order valence-electron chi connectivity index (χ2n) is 12.6. The molecule has 3 aromatic carbocycles. The normalized spacial score (nSPS) is 26.8. The molecule has 3 aromatic rings. The summed E-state index contributed by atoms with van der Waals surface area (Å²) in [6.45, 7) is 0.135. The molecule has 1 saturated heterocycles. The number of nitrogens with zero attached hydrogens (tertiary/aromatic N) is 1. The maximum atomic E-state index is 13.6. The van der Waals surface area contributed by atoms with Gasteiger partial charge < -0.3 is 4.74 Å². The van der Waals surface area contributed by atoms with E-state index < -0.39 is 17.8 Å². The topological polar surface area (TPSA) is 75.7 Å². The fraction of sp³-hybridized carbons (Fsp3) is 0.324. The van der Waals surface area contributed by atoms with E-state index in [9.17, 15) is 14.4 Å². The van der Waals surface area contributed by atoms with Crippen LogP contribution in [0.25, 0.3) is 6.08 Å². The summed E-state index contributed by atoms with van der Waals surface area (Å²) in [6, 6.07) is 15.1. The molecule has 4 saturated carbocycles. The van der Waals surface area contributed by atoms with Crippen molar-refractivity contribution >= 4 is 76.0 Å². The third kappa shape index (κ3) is 5.40. The molecule has 0 spiro atoms. The molecule has 0 unspecified atom stereocenters. The molecular formula is C34H28Cl4N2O4. The summed E-state index contributed by atoms with van der Waals surface area (Å²) in [7, 11) is 0. The first-order valence-corrected chi connectivity index (χ1v) is 16.2. The van der Waals surface area contributed by atoms with Crippen LogP contribution >= 0.6 is 46.4 Å². The van der Waals surface area contributed by atoms with E-state index in [1.54, 1.807) is 18.2 Å². The van der Waals surface area contributed by atoms with Gasteiger partial charge in [-0.15, -0.1) is 0 Å². The van der Waals surface area contributed by atoms with Crippen molar-refractivity contribution in [3.8, 4) is 5.75 Å². The molecule has 6 nitrogen and oxygen atoms in total. The zero-order valence-electron chi connectivity index (χ0n) is 23.5. The first-order chi connectivity index (χ1) is 21.1. The van der Waals surface area contributed by atoms with Crippen LogP contribution in [0.15, 0.2) is 60.2 Å². The van der Waals surface area contributed by atoms with Crippen molar-refractivity contribution in [1.29, 1.82) is 0 Å². The summed E-state index contributed by atoms with van der Waals surface area (Å²) in [4.78, 5) is 40.2. The summed E-state index contributed by atoms with van der Waals surface area (Å²) < 4.78 is 5.83. The van der Waals surface area contributed by atoms with Crippen molar-refractivity contribution < 1.29 is 19.1 Å². The number of urea groups is 1. The van der Waals surface area contributed by atoms with E-state index in [2.05, 4.69) is 17.4 Å². The van der Waals surface area contributed by atoms with Gasteiger partial charge in [0.2, 0.25) is 0 Å². The van der Waals surface area contributed by atoms with E-state index in [-0.39, 0.29) is 33.4 Å². The highest BCUT2D eigenvalue weighted by molar-refractivity contribution is 6.42. The molecule has 5 fully saturated rings. The second kappa shape index (κ2) is 11.4. The van der Waals surface area contributed by atoms with Gasteiger partial charge in [0, 0.05) is 0 Å². The fourth-order valence-corrected chi connectivity index (χ4v) is 9.01. The highest BCUT2D eigenvalue weighted by Gasteiger charge is 2.51. The number of anilines is 1. The number of ether oxygens (including phenoxy) is 1. The van der Waals surface area contributed by atoms with Crippen molar-refractivity contribution in [2.24, 2.45) is 17.8 Å². The average molecular weight is 670 g/mol. The Bertz CT molecular complexity index is 1680. The number of carbonyl (C=O) groups is 3. The summed E-state index contributed by atoms with van der Waals surface area (Å²) in [6.07, 6.45) is 9.07. The summed E-state index contributed by atoms with van der Waals surface area (Å²) in [5, 5.41) is 3.48. The Labute approximate surface area is 275 Å². The van der Waals surface area contributed by atoms with Crippen LogP contribution < -0.4 is 15.0 Å². The Morgan fingerprint density at radius 3 is 2.00 bits per heavy atom. The number of rotatable bonds is 6. The number of benzene rings is 3. The Morgan fingerprint density at radius 1 is 0.795 bits per heavy atom. The molecule has 10 heteroatoms. The minimum atomic E-state index is -0.798. The predicted molar refractivity (Wildman–Crippen MR) is 173 cm³/mol. The largest absolute Gasteiger partial charge is 0.486 e. The zero-order valence-corrected chi connectivity index (χ0v) is 26.6. The molecule has 5 aliphatic rings. The maximum absolute atomic E-state index is 13.6. The van der Waals surface area contributed by atoms with Crippen LogP contribution in [-0.4, -0.2) is 17.8 Å². The molecule has 226 valence electrons. The second-order valence-corrected chi connectivity index (χ2v) is 14.2. The third-order valence-electron chi connectivity index (χ3n) is 9.58. The van der Waals surface area contributed by atoms with Crippen molar-refractivity contribution in [3.63, 3.8) is 0 Å². The van der Waals surface area contributed by atoms with E-state index in [0.717, 1.165) is 28.2 Å². The average Bonchev–Trinajstić information content (AvgIpc) is 2.96. The fourth-order valence-electron chi connectivity index (χ4n) is 8.07.